The van der Waals surface area contributed by atoms with Crippen molar-refractivity contribution >= 4 is 43.7 Å². The maximum absolute atomic E-state index is 12.5. The van der Waals surface area contributed by atoms with E-state index < -0.39 is 5.97 Å². The van der Waals surface area contributed by atoms with Crippen LogP contribution in [0.5, 0.6) is 5.75 Å². The van der Waals surface area contributed by atoms with E-state index in [0.717, 1.165) is 20.0 Å². The molecular weight excluding hydrogens is 409 g/mol. The molecule has 0 bridgehead atoms. The molecule has 4 rings (SSSR count). The molecule has 0 spiro atoms. The molecular formula is C21H15NO4Se. The summed E-state index contributed by atoms with van der Waals surface area (Å²) in [5, 5.41) is 22.1. The molecule has 0 atom stereocenters. The zero-order chi connectivity index (χ0) is 19.1. The Morgan fingerprint density at radius 3 is 2.59 bits per heavy atom. The van der Waals surface area contributed by atoms with E-state index in [4.69, 9.17) is 0 Å². The van der Waals surface area contributed by atoms with Gasteiger partial charge in [-0.3, -0.25) is 0 Å². The van der Waals surface area contributed by atoms with Gasteiger partial charge < -0.3 is 0 Å². The molecule has 1 aromatic heterocycles. The van der Waals surface area contributed by atoms with E-state index >= 15 is 0 Å². The summed E-state index contributed by atoms with van der Waals surface area (Å²) in [7, 11) is 0. The number of nitrogens with one attached hydrogen (secondary N) is 1. The van der Waals surface area contributed by atoms with Crippen LogP contribution in [0.3, 0.4) is 0 Å². The van der Waals surface area contributed by atoms with Crippen LogP contribution in [0.1, 0.15) is 24.8 Å². The van der Waals surface area contributed by atoms with Gasteiger partial charge >= 0.3 is 161 Å². The normalized spacial score (nSPS) is 14.3. The number of anilines is 1. The standard InChI is InChI=1S/C21H15NO4Se/c1-11-16(21(25)26)9-13(27-11)10-17-15-7-6-12(8-18(15)22-20(17)24)14-4-2-3-5-19(14)23/h2-10,23H,1H3,(H,22,24)(H,25,26)/b17-10-. The fourth-order valence-corrected chi connectivity index (χ4v) is 5.17. The molecule has 3 N–H and O–H groups in total. The van der Waals surface area contributed by atoms with Crippen molar-refractivity contribution in [3.8, 4) is 16.9 Å². The quantitative estimate of drug-likeness (QED) is 0.443. The predicted octanol–water partition coefficient (Wildman–Crippen LogP) is 3.62. The van der Waals surface area contributed by atoms with Crippen LogP contribution in [0.2, 0.25) is 0 Å². The number of carboxylic acids is 1. The molecule has 0 saturated heterocycles. The van der Waals surface area contributed by atoms with Crippen LogP contribution < -0.4 is 5.32 Å². The Kier molecular flexibility index (Phi) is 4.22. The second-order valence-corrected chi connectivity index (χ2v) is 8.92. The number of rotatable bonds is 3. The van der Waals surface area contributed by atoms with E-state index in [1.54, 1.807) is 24.3 Å². The number of fused-ring (bicyclic) bond motifs is 1. The van der Waals surface area contributed by atoms with Gasteiger partial charge in [0.15, 0.2) is 0 Å². The first kappa shape index (κ1) is 17.3. The third-order valence-corrected chi connectivity index (χ3v) is 6.56. The van der Waals surface area contributed by atoms with Crippen LogP contribution >= 0.6 is 0 Å². The summed E-state index contributed by atoms with van der Waals surface area (Å²) >= 11 is -0.0977. The van der Waals surface area contributed by atoms with Gasteiger partial charge in [0.05, 0.1) is 0 Å². The number of hydrogen-bond acceptors (Lipinski definition) is 3. The Hall–Kier alpha value is -3.08. The number of phenolic OH excluding ortho intramolecular Hbond substituents is 1. The summed E-state index contributed by atoms with van der Waals surface area (Å²) in [6.45, 7) is 1.81. The second-order valence-electron chi connectivity index (χ2n) is 6.21. The summed E-state index contributed by atoms with van der Waals surface area (Å²) in [5.41, 5.74) is 3.80. The number of amides is 1. The van der Waals surface area contributed by atoms with E-state index in [0.29, 0.717) is 22.4 Å². The van der Waals surface area contributed by atoms with Crippen molar-refractivity contribution < 1.29 is 19.8 Å². The molecule has 27 heavy (non-hydrogen) atoms. The zero-order valence-corrected chi connectivity index (χ0v) is 16.0. The van der Waals surface area contributed by atoms with E-state index in [-0.39, 0.29) is 26.2 Å². The number of carboxylic acid groups (broad SMARTS) is 1. The van der Waals surface area contributed by atoms with E-state index in [1.165, 1.54) is 0 Å². The molecule has 0 aliphatic carbocycles. The molecule has 0 radical (unpaired) electrons. The number of aromatic hydroxyl groups is 1. The Labute approximate surface area is 161 Å². The van der Waals surface area contributed by atoms with Gasteiger partial charge in [-0.25, -0.2) is 0 Å². The number of carbonyl (C=O) groups is 2. The number of aromatic carboxylic acids is 1. The molecule has 2 aromatic carbocycles. The Morgan fingerprint density at radius 1 is 1.11 bits per heavy atom. The van der Waals surface area contributed by atoms with Crippen LogP contribution in [-0.4, -0.2) is 36.6 Å². The van der Waals surface area contributed by atoms with Gasteiger partial charge in [0.2, 0.25) is 0 Å². The summed E-state index contributed by atoms with van der Waals surface area (Å²) in [4.78, 5) is 23.7. The minimum atomic E-state index is -0.939. The summed E-state index contributed by atoms with van der Waals surface area (Å²) in [6.07, 6.45) is 1.78. The van der Waals surface area contributed by atoms with Gasteiger partial charge in [0, 0.05) is 0 Å². The number of hydrogen-bond donors (Lipinski definition) is 3. The van der Waals surface area contributed by atoms with E-state index in [9.17, 15) is 19.8 Å². The van der Waals surface area contributed by atoms with E-state index in [1.807, 2.05) is 37.3 Å². The van der Waals surface area contributed by atoms with Gasteiger partial charge in [-0.15, -0.1) is 0 Å². The fraction of sp³-hybridized carbons (Fsp3) is 0.0476. The topological polar surface area (TPSA) is 86.6 Å². The summed E-state index contributed by atoms with van der Waals surface area (Å²) < 4.78 is 1.70. The molecule has 3 aromatic rings. The zero-order valence-electron chi connectivity index (χ0n) is 14.3. The number of carbonyl (C=O) groups excluding carboxylic acids is 1. The monoisotopic (exact) mass is 425 g/mol. The first-order valence-electron chi connectivity index (χ1n) is 8.23. The van der Waals surface area contributed by atoms with Crippen LogP contribution in [0, 0.1) is 6.92 Å². The van der Waals surface area contributed by atoms with Crippen molar-refractivity contribution in [1.29, 1.82) is 0 Å². The van der Waals surface area contributed by atoms with Crippen molar-refractivity contribution in [2.24, 2.45) is 0 Å². The number of para-hydroxylation sites is 1. The number of phenols is 1. The predicted molar refractivity (Wildman–Crippen MR) is 105 cm³/mol. The van der Waals surface area contributed by atoms with E-state index in [2.05, 4.69) is 5.32 Å². The maximum atomic E-state index is 12.5. The third-order valence-electron chi connectivity index (χ3n) is 4.47. The molecule has 1 aliphatic heterocycles. The van der Waals surface area contributed by atoms with Crippen LogP contribution in [0.15, 0.2) is 48.5 Å². The Morgan fingerprint density at radius 2 is 1.89 bits per heavy atom. The first-order chi connectivity index (χ1) is 12.9. The van der Waals surface area contributed by atoms with Gasteiger partial charge in [-0.2, -0.15) is 0 Å². The molecule has 0 fully saturated rings. The average molecular weight is 424 g/mol. The molecule has 1 amide bonds. The van der Waals surface area contributed by atoms with Crippen LogP contribution in [0.4, 0.5) is 5.69 Å². The minimum absolute atomic E-state index is 0.0977. The van der Waals surface area contributed by atoms with Gasteiger partial charge in [0.1, 0.15) is 0 Å². The van der Waals surface area contributed by atoms with Gasteiger partial charge in [-0.1, -0.05) is 0 Å². The molecule has 1 aliphatic rings. The van der Waals surface area contributed by atoms with Crippen molar-refractivity contribution in [1.82, 2.24) is 0 Å². The molecule has 0 unspecified atom stereocenters. The first-order valence-corrected chi connectivity index (χ1v) is 9.95. The van der Waals surface area contributed by atoms with Crippen LogP contribution in [-0.2, 0) is 4.79 Å². The SMILES string of the molecule is Cc1[se]c(/C=C2\C(=O)Nc3cc(-c4ccccc4O)ccc32)cc1C(=O)O. The summed E-state index contributed by atoms with van der Waals surface area (Å²) in [6, 6.07) is 14.2. The fourth-order valence-electron chi connectivity index (χ4n) is 3.15. The van der Waals surface area contributed by atoms with Crippen molar-refractivity contribution in [2.45, 2.75) is 6.92 Å². The Balaban J connectivity index is 1.75. The van der Waals surface area contributed by atoms with Crippen molar-refractivity contribution in [2.75, 3.05) is 5.32 Å². The molecule has 134 valence electrons. The van der Waals surface area contributed by atoms with Crippen LogP contribution in [0.25, 0.3) is 22.8 Å². The number of aryl methyl sites for hydroxylation is 1. The molecule has 5 nitrogen and oxygen atoms in total. The Bertz CT molecular complexity index is 1130. The van der Waals surface area contributed by atoms with Gasteiger partial charge in [-0.05, 0) is 0 Å². The number of benzene rings is 2. The van der Waals surface area contributed by atoms with Crippen molar-refractivity contribution in [3.63, 3.8) is 0 Å². The molecule has 2 heterocycles. The summed E-state index contributed by atoms with van der Waals surface area (Å²) in [5.74, 6) is -0.969. The molecule has 6 heteroatoms. The second kappa shape index (κ2) is 6.58. The van der Waals surface area contributed by atoms with Crippen molar-refractivity contribution in [3.05, 3.63) is 68.5 Å². The third kappa shape index (κ3) is 3.10. The van der Waals surface area contributed by atoms with Gasteiger partial charge in [0.25, 0.3) is 0 Å². The molecule has 0 saturated carbocycles. The average Bonchev–Trinajstić information content (AvgIpc) is 3.15.